The number of hydrogen-bond acceptors (Lipinski definition) is 2. The lowest BCUT2D eigenvalue weighted by atomic mass is 10.0. The molecule has 0 saturated heterocycles. The molecule has 3 aromatic rings. The van der Waals surface area contributed by atoms with Crippen LogP contribution in [0.3, 0.4) is 0 Å². The Labute approximate surface area is 200 Å². The second-order valence-corrected chi connectivity index (χ2v) is 9.01. The summed E-state index contributed by atoms with van der Waals surface area (Å²) in [7, 11) is 0. The number of nitrogens with zero attached hydrogens (tertiary/aromatic N) is 1. The third-order valence-corrected chi connectivity index (χ3v) is 6.44. The van der Waals surface area contributed by atoms with Gasteiger partial charge in [0.2, 0.25) is 11.8 Å². The summed E-state index contributed by atoms with van der Waals surface area (Å²) in [6.07, 6.45) is 4.73. The standard InChI is InChI=1S/C29H31FN2O2/c30-25-17-15-23(16-18-25)20-28(33)32(21-24-11-5-2-6-12-24)27(19-22-9-3-1-4-10-22)29(34)31-26-13-7-8-14-26/h1-6,9-12,15-18,26-27H,7-8,13-14,19-21H2,(H,31,34)/t27-/m0/s1. The van der Waals surface area contributed by atoms with Crippen LogP contribution in [-0.2, 0) is 29.0 Å². The fraction of sp³-hybridized carbons (Fsp3) is 0.310. The highest BCUT2D eigenvalue weighted by Gasteiger charge is 2.32. The second-order valence-electron chi connectivity index (χ2n) is 9.01. The molecule has 2 amide bonds. The Balaban J connectivity index is 1.63. The van der Waals surface area contributed by atoms with E-state index in [4.69, 9.17) is 0 Å². The Bertz CT molecular complexity index is 1060. The van der Waals surface area contributed by atoms with Gasteiger partial charge in [-0.2, -0.15) is 0 Å². The SMILES string of the molecule is O=C(NC1CCCC1)[C@H](Cc1ccccc1)N(Cc1ccccc1)C(=O)Cc1ccc(F)cc1. The van der Waals surface area contributed by atoms with Crippen LogP contribution < -0.4 is 5.32 Å². The lowest BCUT2D eigenvalue weighted by molar-refractivity contribution is -0.141. The molecule has 4 rings (SSSR count). The first-order valence-electron chi connectivity index (χ1n) is 12.0. The van der Waals surface area contributed by atoms with E-state index in [9.17, 15) is 14.0 Å². The average molecular weight is 459 g/mol. The van der Waals surface area contributed by atoms with Crippen LogP contribution in [0.15, 0.2) is 84.9 Å². The molecule has 1 aliphatic rings. The van der Waals surface area contributed by atoms with Crippen molar-refractivity contribution >= 4 is 11.8 Å². The monoisotopic (exact) mass is 458 g/mol. The van der Waals surface area contributed by atoms with Crippen LogP contribution in [0, 0.1) is 5.82 Å². The van der Waals surface area contributed by atoms with Gasteiger partial charge in [-0.25, -0.2) is 4.39 Å². The molecule has 5 heteroatoms. The quantitative estimate of drug-likeness (QED) is 0.487. The first-order valence-corrected chi connectivity index (χ1v) is 12.0. The van der Waals surface area contributed by atoms with Gasteiger partial charge in [0.25, 0.3) is 0 Å². The third-order valence-electron chi connectivity index (χ3n) is 6.44. The van der Waals surface area contributed by atoms with E-state index >= 15 is 0 Å². The van der Waals surface area contributed by atoms with Gasteiger partial charge < -0.3 is 10.2 Å². The zero-order valence-electron chi connectivity index (χ0n) is 19.3. The van der Waals surface area contributed by atoms with Gasteiger partial charge in [0.05, 0.1) is 6.42 Å². The predicted molar refractivity (Wildman–Crippen MR) is 131 cm³/mol. The molecule has 0 bridgehead atoms. The van der Waals surface area contributed by atoms with E-state index in [0.717, 1.165) is 42.4 Å². The summed E-state index contributed by atoms with van der Waals surface area (Å²) in [6, 6.07) is 25.0. The molecule has 0 aromatic heterocycles. The van der Waals surface area contributed by atoms with E-state index in [2.05, 4.69) is 5.32 Å². The number of rotatable bonds is 9. The lowest BCUT2D eigenvalue weighted by Crippen LogP contribution is -2.52. The maximum absolute atomic E-state index is 13.6. The van der Waals surface area contributed by atoms with Gasteiger partial charge in [0.15, 0.2) is 0 Å². The molecule has 0 radical (unpaired) electrons. The van der Waals surface area contributed by atoms with Gasteiger partial charge in [0, 0.05) is 19.0 Å². The average Bonchev–Trinajstić information content (AvgIpc) is 3.37. The molecule has 1 fully saturated rings. The molecule has 0 unspecified atom stereocenters. The molecule has 3 aromatic carbocycles. The fourth-order valence-corrected chi connectivity index (χ4v) is 4.58. The summed E-state index contributed by atoms with van der Waals surface area (Å²) in [5.74, 6) is -0.604. The third kappa shape index (κ3) is 6.53. The smallest absolute Gasteiger partial charge is 0.243 e. The summed E-state index contributed by atoms with van der Waals surface area (Å²) in [5, 5.41) is 3.21. The van der Waals surface area contributed by atoms with E-state index < -0.39 is 6.04 Å². The number of carbonyl (C=O) groups excluding carboxylic acids is 2. The number of carbonyl (C=O) groups is 2. The summed E-state index contributed by atoms with van der Waals surface area (Å²) in [6.45, 7) is 0.330. The lowest BCUT2D eigenvalue weighted by Gasteiger charge is -2.32. The molecule has 176 valence electrons. The van der Waals surface area contributed by atoms with Gasteiger partial charge >= 0.3 is 0 Å². The molecule has 0 spiro atoms. The highest BCUT2D eigenvalue weighted by Crippen LogP contribution is 2.20. The van der Waals surface area contributed by atoms with Gasteiger partial charge in [-0.3, -0.25) is 9.59 Å². The molecule has 1 saturated carbocycles. The van der Waals surface area contributed by atoms with E-state index in [0.29, 0.717) is 13.0 Å². The minimum atomic E-state index is -0.642. The Kier molecular flexibility index (Phi) is 8.08. The molecule has 0 heterocycles. The van der Waals surface area contributed by atoms with Crippen molar-refractivity contribution in [2.75, 3.05) is 0 Å². The first-order chi connectivity index (χ1) is 16.6. The van der Waals surface area contributed by atoms with E-state index in [1.165, 1.54) is 12.1 Å². The molecular weight excluding hydrogens is 427 g/mol. The van der Waals surface area contributed by atoms with Crippen molar-refractivity contribution < 1.29 is 14.0 Å². The van der Waals surface area contributed by atoms with Crippen LogP contribution in [0.25, 0.3) is 0 Å². The van der Waals surface area contributed by atoms with Crippen molar-refractivity contribution in [3.63, 3.8) is 0 Å². The summed E-state index contributed by atoms with van der Waals surface area (Å²) >= 11 is 0. The highest BCUT2D eigenvalue weighted by atomic mass is 19.1. The maximum atomic E-state index is 13.6. The van der Waals surface area contributed by atoms with Crippen LogP contribution >= 0.6 is 0 Å². The number of hydrogen-bond donors (Lipinski definition) is 1. The van der Waals surface area contributed by atoms with Crippen molar-refractivity contribution in [1.82, 2.24) is 10.2 Å². The van der Waals surface area contributed by atoms with Crippen LogP contribution in [-0.4, -0.2) is 28.8 Å². The molecule has 1 aliphatic carbocycles. The summed E-state index contributed by atoms with van der Waals surface area (Å²) in [4.78, 5) is 28.9. The van der Waals surface area contributed by atoms with Crippen LogP contribution in [0.5, 0.6) is 0 Å². The van der Waals surface area contributed by atoms with Gasteiger partial charge in [-0.1, -0.05) is 85.6 Å². The topological polar surface area (TPSA) is 49.4 Å². The molecule has 1 N–H and O–H groups in total. The zero-order chi connectivity index (χ0) is 23.8. The zero-order valence-corrected chi connectivity index (χ0v) is 19.3. The maximum Gasteiger partial charge on any atom is 0.243 e. The summed E-state index contributed by atoms with van der Waals surface area (Å²) < 4.78 is 13.4. The van der Waals surface area contributed by atoms with Crippen LogP contribution in [0.4, 0.5) is 4.39 Å². The second kappa shape index (κ2) is 11.6. The largest absolute Gasteiger partial charge is 0.352 e. The van der Waals surface area contributed by atoms with Crippen LogP contribution in [0.2, 0.25) is 0 Å². The Morgan fingerprint density at radius 2 is 1.41 bits per heavy atom. The van der Waals surface area contributed by atoms with Crippen molar-refractivity contribution in [2.24, 2.45) is 0 Å². The van der Waals surface area contributed by atoms with Crippen molar-refractivity contribution in [3.05, 3.63) is 107 Å². The van der Waals surface area contributed by atoms with Gasteiger partial charge in [-0.05, 0) is 41.7 Å². The predicted octanol–water partition coefficient (Wildman–Crippen LogP) is 5.07. The van der Waals surface area contributed by atoms with Crippen molar-refractivity contribution in [3.8, 4) is 0 Å². The first kappa shape index (κ1) is 23.7. The number of benzene rings is 3. The number of nitrogens with one attached hydrogen (secondary N) is 1. The van der Waals surface area contributed by atoms with Crippen molar-refractivity contribution in [2.45, 2.75) is 57.2 Å². The minimum absolute atomic E-state index is 0.106. The normalized spacial score (nSPS) is 14.5. The van der Waals surface area contributed by atoms with Gasteiger partial charge in [0.1, 0.15) is 11.9 Å². The minimum Gasteiger partial charge on any atom is -0.352 e. The number of halogens is 1. The summed E-state index contributed by atoms with van der Waals surface area (Å²) in [5.41, 5.74) is 2.68. The molecule has 1 atom stereocenters. The highest BCUT2D eigenvalue weighted by molar-refractivity contribution is 5.89. The number of amides is 2. The molecule has 0 aliphatic heterocycles. The molecule has 4 nitrogen and oxygen atoms in total. The van der Waals surface area contributed by atoms with Crippen molar-refractivity contribution in [1.29, 1.82) is 0 Å². The van der Waals surface area contributed by atoms with E-state index in [1.54, 1.807) is 17.0 Å². The Morgan fingerprint density at radius 1 is 0.824 bits per heavy atom. The van der Waals surface area contributed by atoms with E-state index in [1.807, 2.05) is 60.7 Å². The Hall–Kier alpha value is -3.47. The molecular formula is C29H31FN2O2. The van der Waals surface area contributed by atoms with Gasteiger partial charge in [-0.15, -0.1) is 0 Å². The fourth-order valence-electron chi connectivity index (χ4n) is 4.58. The van der Waals surface area contributed by atoms with E-state index in [-0.39, 0.29) is 30.1 Å². The van der Waals surface area contributed by atoms with Crippen LogP contribution in [0.1, 0.15) is 42.4 Å². The molecule has 34 heavy (non-hydrogen) atoms. The Morgan fingerprint density at radius 3 is 2.03 bits per heavy atom.